The van der Waals surface area contributed by atoms with Gasteiger partial charge in [-0.15, -0.1) is 10.2 Å². The topological polar surface area (TPSA) is 106 Å². The number of aryl methyl sites for hydroxylation is 1. The largest absolute Gasteiger partial charge is 0.363 e. The lowest BCUT2D eigenvalue weighted by molar-refractivity contribution is 0.0996. The highest BCUT2D eigenvalue weighted by Crippen LogP contribution is 2.32. The van der Waals surface area contributed by atoms with Gasteiger partial charge in [0.2, 0.25) is 0 Å². The van der Waals surface area contributed by atoms with Gasteiger partial charge in [-0.1, -0.05) is 13.0 Å². The van der Waals surface area contributed by atoms with Gasteiger partial charge < -0.3 is 15.2 Å². The van der Waals surface area contributed by atoms with Gasteiger partial charge in [0.1, 0.15) is 23.7 Å². The van der Waals surface area contributed by atoms with E-state index in [0.29, 0.717) is 35.3 Å². The molecule has 3 aromatic heterocycles. The SMILES string of the molecule is CCCn1cnnc1-c1cccc(N2Cc3c(cc(N(C)C)nc3CN)C2=O)n1. The van der Waals surface area contributed by atoms with E-state index in [-0.39, 0.29) is 12.5 Å². The Balaban J connectivity index is 1.71. The number of nitrogens with two attached hydrogens (primary N) is 1. The number of hydrogen-bond donors (Lipinski definition) is 1. The predicted octanol–water partition coefficient (Wildman–Crippen LogP) is 1.83. The zero-order valence-corrected chi connectivity index (χ0v) is 16.8. The normalized spacial score (nSPS) is 13.1. The number of rotatable bonds is 6. The fraction of sp³-hybridized carbons (Fsp3) is 0.350. The smallest absolute Gasteiger partial charge is 0.260 e. The van der Waals surface area contributed by atoms with Gasteiger partial charge in [-0.25, -0.2) is 9.97 Å². The maximum absolute atomic E-state index is 13.2. The third-order valence-electron chi connectivity index (χ3n) is 4.96. The standard InChI is InChI=1S/C20H24N8O/c1-4-8-27-12-22-25-19(27)15-6-5-7-17(23-15)28-11-14-13(20(28)29)9-18(26(2)3)24-16(14)10-21/h5-7,9,12H,4,8,10-11,21H2,1-3H3. The second kappa shape index (κ2) is 7.59. The zero-order chi connectivity index (χ0) is 20.5. The van der Waals surface area contributed by atoms with Crippen LogP contribution in [0.1, 0.15) is 35.0 Å². The molecule has 0 aromatic carbocycles. The minimum atomic E-state index is -0.0973. The Hall–Kier alpha value is -3.33. The van der Waals surface area contributed by atoms with Crippen LogP contribution in [0, 0.1) is 0 Å². The first-order valence-electron chi connectivity index (χ1n) is 9.60. The summed E-state index contributed by atoms with van der Waals surface area (Å²) in [5.41, 5.74) is 8.83. The molecule has 2 N–H and O–H groups in total. The molecule has 3 aromatic rings. The second-order valence-corrected chi connectivity index (χ2v) is 7.17. The lowest BCUT2D eigenvalue weighted by Crippen LogP contribution is -2.24. The Morgan fingerprint density at radius 3 is 2.79 bits per heavy atom. The van der Waals surface area contributed by atoms with Gasteiger partial charge in [0.25, 0.3) is 5.91 Å². The second-order valence-electron chi connectivity index (χ2n) is 7.17. The molecule has 0 aliphatic carbocycles. The van der Waals surface area contributed by atoms with Crippen molar-refractivity contribution in [3.05, 3.63) is 47.4 Å². The molecule has 0 fully saturated rings. The molecular weight excluding hydrogens is 368 g/mol. The van der Waals surface area contributed by atoms with Crippen LogP contribution in [0.5, 0.6) is 0 Å². The van der Waals surface area contributed by atoms with Gasteiger partial charge >= 0.3 is 0 Å². The molecule has 4 rings (SSSR count). The van der Waals surface area contributed by atoms with Crippen molar-refractivity contribution < 1.29 is 4.79 Å². The van der Waals surface area contributed by atoms with E-state index in [9.17, 15) is 4.79 Å². The number of pyridine rings is 2. The quantitative estimate of drug-likeness (QED) is 0.682. The van der Waals surface area contributed by atoms with E-state index < -0.39 is 0 Å². The van der Waals surface area contributed by atoms with Gasteiger partial charge in [-0.05, 0) is 24.6 Å². The minimum Gasteiger partial charge on any atom is -0.363 e. The van der Waals surface area contributed by atoms with E-state index in [1.54, 1.807) is 11.2 Å². The Labute approximate surface area is 169 Å². The number of carbonyl (C=O) groups excluding carboxylic acids is 1. The summed E-state index contributed by atoms with van der Waals surface area (Å²) in [4.78, 5) is 26.0. The summed E-state index contributed by atoms with van der Waals surface area (Å²) in [6, 6.07) is 7.41. The molecule has 0 radical (unpaired) electrons. The van der Waals surface area contributed by atoms with Gasteiger partial charge in [-0.3, -0.25) is 9.69 Å². The highest BCUT2D eigenvalue weighted by molar-refractivity contribution is 6.10. The van der Waals surface area contributed by atoms with Crippen molar-refractivity contribution in [3.8, 4) is 11.5 Å². The van der Waals surface area contributed by atoms with Crippen LogP contribution >= 0.6 is 0 Å². The van der Waals surface area contributed by atoms with Crippen molar-refractivity contribution in [1.29, 1.82) is 0 Å². The van der Waals surface area contributed by atoms with E-state index >= 15 is 0 Å². The van der Waals surface area contributed by atoms with Crippen LogP contribution in [-0.4, -0.2) is 44.7 Å². The molecule has 0 atom stereocenters. The Kier molecular flexibility index (Phi) is 4.98. The first-order chi connectivity index (χ1) is 14.0. The van der Waals surface area contributed by atoms with Crippen molar-refractivity contribution in [2.45, 2.75) is 33.0 Å². The molecule has 1 amide bonds. The number of nitrogens with zero attached hydrogens (tertiary/aromatic N) is 7. The van der Waals surface area contributed by atoms with Crippen LogP contribution in [0.2, 0.25) is 0 Å². The average Bonchev–Trinajstić information content (AvgIpc) is 3.32. The first-order valence-corrected chi connectivity index (χ1v) is 9.60. The number of carbonyl (C=O) groups is 1. The fourth-order valence-electron chi connectivity index (χ4n) is 3.49. The number of amides is 1. The van der Waals surface area contributed by atoms with Crippen molar-refractivity contribution in [2.75, 3.05) is 23.9 Å². The van der Waals surface area contributed by atoms with E-state index in [1.807, 2.05) is 47.8 Å². The third-order valence-corrected chi connectivity index (χ3v) is 4.96. The number of aromatic nitrogens is 5. The minimum absolute atomic E-state index is 0.0973. The molecule has 1 aliphatic heterocycles. The first kappa shape index (κ1) is 19.0. The molecule has 0 spiro atoms. The van der Waals surface area contributed by atoms with Crippen molar-refractivity contribution in [3.63, 3.8) is 0 Å². The van der Waals surface area contributed by atoms with E-state index in [4.69, 9.17) is 10.7 Å². The van der Waals surface area contributed by atoms with Gasteiger partial charge in [-0.2, -0.15) is 0 Å². The van der Waals surface area contributed by atoms with E-state index in [1.165, 1.54) is 0 Å². The molecule has 1 aliphatic rings. The molecule has 150 valence electrons. The number of hydrogen-bond acceptors (Lipinski definition) is 7. The molecule has 9 nitrogen and oxygen atoms in total. The molecule has 0 unspecified atom stereocenters. The number of anilines is 2. The maximum Gasteiger partial charge on any atom is 0.260 e. The Morgan fingerprint density at radius 2 is 2.07 bits per heavy atom. The lowest BCUT2D eigenvalue weighted by atomic mass is 10.1. The molecule has 0 saturated heterocycles. The summed E-state index contributed by atoms with van der Waals surface area (Å²) in [7, 11) is 3.79. The highest BCUT2D eigenvalue weighted by Gasteiger charge is 2.32. The maximum atomic E-state index is 13.2. The van der Waals surface area contributed by atoms with Gasteiger partial charge in [0, 0.05) is 32.7 Å². The Morgan fingerprint density at radius 1 is 1.24 bits per heavy atom. The molecule has 9 heteroatoms. The zero-order valence-electron chi connectivity index (χ0n) is 16.8. The summed E-state index contributed by atoms with van der Waals surface area (Å²) in [5, 5.41) is 8.21. The molecule has 29 heavy (non-hydrogen) atoms. The van der Waals surface area contributed by atoms with E-state index in [0.717, 1.165) is 24.2 Å². The van der Waals surface area contributed by atoms with Crippen LogP contribution in [0.3, 0.4) is 0 Å². The van der Waals surface area contributed by atoms with Gasteiger partial charge in [0.15, 0.2) is 5.82 Å². The summed E-state index contributed by atoms with van der Waals surface area (Å²) in [6.07, 6.45) is 2.67. The average molecular weight is 392 g/mol. The summed E-state index contributed by atoms with van der Waals surface area (Å²) < 4.78 is 1.96. The van der Waals surface area contributed by atoms with Crippen LogP contribution < -0.4 is 15.5 Å². The van der Waals surface area contributed by atoms with Crippen molar-refractivity contribution >= 4 is 17.5 Å². The predicted molar refractivity (Wildman–Crippen MR) is 111 cm³/mol. The van der Waals surface area contributed by atoms with Crippen molar-refractivity contribution in [1.82, 2.24) is 24.7 Å². The van der Waals surface area contributed by atoms with Crippen LogP contribution in [-0.2, 0) is 19.6 Å². The highest BCUT2D eigenvalue weighted by atomic mass is 16.2. The fourth-order valence-corrected chi connectivity index (χ4v) is 3.49. The monoisotopic (exact) mass is 392 g/mol. The van der Waals surface area contributed by atoms with Crippen molar-refractivity contribution in [2.24, 2.45) is 5.73 Å². The van der Waals surface area contributed by atoms with E-state index in [2.05, 4.69) is 22.1 Å². The molecule has 0 bridgehead atoms. The van der Waals surface area contributed by atoms with Gasteiger partial charge in [0.05, 0.1) is 17.8 Å². The van der Waals surface area contributed by atoms with Crippen LogP contribution in [0.4, 0.5) is 11.6 Å². The summed E-state index contributed by atoms with van der Waals surface area (Å²) in [5.74, 6) is 1.88. The van der Waals surface area contributed by atoms with Crippen LogP contribution in [0.15, 0.2) is 30.6 Å². The lowest BCUT2D eigenvalue weighted by Gasteiger charge is -2.15. The molecule has 4 heterocycles. The molecular formula is C20H24N8O. The van der Waals surface area contributed by atoms with Crippen LogP contribution in [0.25, 0.3) is 11.5 Å². The number of fused-ring (bicyclic) bond motifs is 1. The molecule has 0 saturated carbocycles. The third kappa shape index (κ3) is 3.33. The Bertz CT molecular complexity index is 1060. The summed E-state index contributed by atoms with van der Waals surface area (Å²) >= 11 is 0. The summed E-state index contributed by atoms with van der Waals surface area (Å²) in [6.45, 7) is 3.58.